The molecule has 0 aliphatic heterocycles. The van der Waals surface area contributed by atoms with Crippen LogP contribution in [-0.4, -0.2) is 11.9 Å². The number of primary amides is 1. The fraction of sp³-hybridized carbons (Fsp3) is 0.240. The topological polar surface area (TPSA) is 55.1 Å². The Hall–Kier alpha value is -2.91. The van der Waals surface area contributed by atoms with Gasteiger partial charge in [-0.2, -0.15) is 0 Å². The van der Waals surface area contributed by atoms with Gasteiger partial charge in [-0.3, -0.25) is 10.1 Å². The van der Waals surface area contributed by atoms with Gasteiger partial charge < -0.3 is 5.73 Å². The second kappa shape index (κ2) is 8.85. The van der Waals surface area contributed by atoms with Crippen LogP contribution in [0.25, 0.3) is 0 Å². The summed E-state index contributed by atoms with van der Waals surface area (Å²) in [5.74, 6) is -0.227. The molecule has 0 aliphatic rings. The summed E-state index contributed by atoms with van der Waals surface area (Å²) in [4.78, 5) is 12.4. The van der Waals surface area contributed by atoms with Gasteiger partial charge in [0.05, 0.1) is 11.6 Å². The number of rotatable bonds is 8. The quantitative estimate of drug-likeness (QED) is 0.573. The molecule has 3 aromatic rings. The third-order valence-electron chi connectivity index (χ3n) is 5.51. The monoisotopic (exact) mass is 372 g/mol. The van der Waals surface area contributed by atoms with Crippen molar-refractivity contribution in [1.29, 1.82) is 0 Å². The van der Waals surface area contributed by atoms with Crippen LogP contribution in [0.15, 0.2) is 91.0 Å². The van der Waals surface area contributed by atoms with E-state index in [0.717, 1.165) is 23.1 Å². The zero-order valence-electron chi connectivity index (χ0n) is 16.5. The van der Waals surface area contributed by atoms with Crippen LogP contribution >= 0.6 is 0 Å². The smallest absolute Gasteiger partial charge is 0.234 e. The zero-order chi connectivity index (χ0) is 20.0. The molecule has 28 heavy (non-hydrogen) atoms. The van der Waals surface area contributed by atoms with Crippen molar-refractivity contribution in [3.8, 4) is 0 Å². The standard InChI is InChI=1S/C25H28N2O/c1-3-19(2)23(24(26)28)27-25(20-13-7-4-8-14-20,21-15-9-5-10-16-21)22-17-11-6-12-18-22/h4-19,23,27H,3H2,1-2H3,(H2,26,28)/t19-,23-/m1/s1. The number of nitrogens with one attached hydrogen (secondary N) is 1. The van der Waals surface area contributed by atoms with E-state index in [2.05, 4.69) is 55.6 Å². The van der Waals surface area contributed by atoms with Gasteiger partial charge in [-0.1, -0.05) is 111 Å². The number of carbonyl (C=O) groups is 1. The maximum atomic E-state index is 12.4. The fourth-order valence-electron chi connectivity index (χ4n) is 3.78. The van der Waals surface area contributed by atoms with Crippen molar-refractivity contribution < 1.29 is 4.79 Å². The van der Waals surface area contributed by atoms with Crippen LogP contribution in [0.3, 0.4) is 0 Å². The van der Waals surface area contributed by atoms with Crippen molar-refractivity contribution in [2.45, 2.75) is 31.8 Å². The Bertz CT molecular complexity index is 782. The summed E-state index contributed by atoms with van der Waals surface area (Å²) in [6.07, 6.45) is 0.856. The molecule has 3 aromatic carbocycles. The average molecular weight is 373 g/mol. The average Bonchev–Trinajstić information content (AvgIpc) is 2.76. The maximum Gasteiger partial charge on any atom is 0.234 e. The first kappa shape index (κ1) is 19.8. The van der Waals surface area contributed by atoms with E-state index in [1.54, 1.807) is 0 Å². The molecule has 2 atom stereocenters. The highest BCUT2D eigenvalue weighted by Gasteiger charge is 2.40. The second-order valence-corrected chi connectivity index (χ2v) is 7.26. The van der Waals surface area contributed by atoms with Gasteiger partial charge in [0.15, 0.2) is 0 Å². The Morgan fingerprint density at radius 1 is 0.821 bits per heavy atom. The summed E-state index contributed by atoms with van der Waals surface area (Å²) >= 11 is 0. The van der Waals surface area contributed by atoms with Gasteiger partial charge in [0.2, 0.25) is 5.91 Å². The largest absolute Gasteiger partial charge is 0.368 e. The highest BCUT2D eigenvalue weighted by atomic mass is 16.1. The van der Waals surface area contributed by atoms with Crippen molar-refractivity contribution in [3.05, 3.63) is 108 Å². The lowest BCUT2D eigenvalue weighted by molar-refractivity contribution is -0.121. The van der Waals surface area contributed by atoms with Gasteiger partial charge in [0.25, 0.3) is 0 Å². The van der Waals surface area contributed by atoms with E-state index >= 15 is 0 Å². The van der Waals surface area contributed by atoms with Crippen LogP contribution in [0.4, 0.5) is 0 Å². The van der Waals surface area contributed by atoms with E-state index in [0.29, 0.717) is 0 Å². The number of hydrogen-bond donors (Lipinski definition) is 2. The van der Waals surface area contributed by atoms with Gasteiger partial charge >= 0.3 is 0 Å². The van der Waals surface area contributed by atoms with Gasteiger partial charge in [0, 0.05) is 0 Å². The van der Waals surface area contributed by atoms with Gasteiger partial charge in [-0.05, 0) is 22.6 Å². The minimum atomic E-state index is -0.688. The summed E-state index contributed by atoms with van der Waals surface area (Å²) in [6, 6.07) is 30.3. The molecule has 0 saturated heterocycles. The number of nitrogens with two attached hydrogens (primary N) is 1. The fourth-order valence-corrected chi connectivity index (χ4v) is 3.78. The molecule has 0 bridgehead atoms. The predicted molar refractivity (Wildman–Crippen MR) is 115 cm³/mol. The zero-order valence-corrected chi connectivity index (χ0v) is 16.5. The Labute approximate surface area is 167 Å². The van der Waals surface area contributed by atoms with E-state index < -0.39 is 11.6 Å². The van der Waals surface area contributed by atoms with Gasteiger partial charge in [0.1, 0.15) is 0 Å². The normalized spacial score (nSPS) is 13.6. The first-order valence-electron chi connectivity index (χ1n) is 9.83. The number of amides is 1. The van der Waals surface area contributed by atoms with Gasteiger partial charge in [-0.15, -0.1) is 0 Å². The van der Waals surface area contributed by atoms with Gasteiger partial charge in [-0.25, -0.2) is 0 Å². The Balaban J connectivity index is 2.29. The molecule has 0 aromatic heterocycles. The maximum absolute atomic E-state index is 12.4. The van der Waals surface area contributed by atoms with Crippen molar-refractivity contribution in [2.24, 2.45) is 11.7 Å². The van der Waals surface area contributed by atoms with E-state index in [1.807, 2.05) is 54.6 Å². The predicted octanol–water partition coefficient (Wildman–Crippen LogP) is 4.47. The van der Waals surface area contributed by atoms with Crippen LogP contribution in [0.2, 0.25) is 0 Å². The molecule has 0 aliphatic carbocycles. The van der Waals surface area contributed by atoms with Crippen molar-refractivity contribution >= 4 is 5.91 Å². The van der Waals surface area contributed by atoms with Crippen molar-refractivity contribution in [2.75, 3.05) is 0 Å². The lowest BCUT2D eigenvalue weighted by Crippen LogP contribution is -2.56. The summed E-state index contributed by atoms with van der Waals surface area (Å²) < 4.78 is 0. The molecule has 144 valence electrons. The lowest BCUT2D eigenvalue weighted by Gasteiger charge is -2.40. The Kier molecular flexibility index (Phi) is 6.27. The molecule has 3 rings (SSSR count). The van der Waals surface area contributed by atoms with Crippen molar-refractivity contribution in [3.63, 3.8) is 0 Å². The van der Waals surface area contributed by atoms with Crippen LogP contribution in [0, 0.1) is 5.92 Å². The minimum Gasteiger partial charge on any atom is -0.368 e. The lowest BCUT2D eigenvalue weighted by atomic mass is 9.75. The van der Waals surface area contributed by atoms with Crippen LogP contribution in [0.5, 0.6) is 0 Å². The molecule has 0 radical (unpaired) electrons. The molecule has 3 nitrogen and oxygen atoms in total. The third kappa shape index (κ3) is 3.85. The molecular weight excluding hydrogens is 344 g/mol. The van der Waals surface area contributed by atoms with Crippen LogP contribution in [0.1, 0.15) is 37.0 Å². The number of hydrogen-bond acceptors (Lipinski definition) is 2. The minimum absolute atomic E-state index is 0.105. The molecule has 0 unspecified atom stereocenters. The first-order chi connectivity index (χ1) is 13.6. The molecule has 3 N–H and O–H groups in total. The van der Waals surface area contributed by atoms with E-state index in [-0.39, 0.29) is 11.8 Å². The molecule has 3 heteroatoms. The summed E-state index contributed by atoms with van der Waals surface area (Å²) in [5, 5.41) is 3.69. The molecular formula is C25H28N2O. The Morgan fingerprint density at radius 2 is 1.18 bits per heavy atom. The van der Waals surface area contributed by atoms with Crippen molar-refractivity contribution in [1.82, 2.24) is 5.32 Å². The second-order valence-electron chi connectivity index (χ2n) is 7.26. The first-order valence-corrected chi connectivity index (χ1v) is 9.83. The third-order valence-corrected chi connectivity index (χ3v) is 5.51. The number of benzene rings is 3. The summed E-state index contributed by atoms with van der Waals surface area (Å²) in [6.45, 7) is 4.14. The molecule has 0 spiro atoms. The highest BCUT2D eigenvalue weighted by molar-refractivity contribution is 5.80. The molecule has 0 saturated carbocycles. The molecule has 1 amide bonds. The summed E-state index contributed by atoms with van der Waals surface area (Å²) in [5.41, 5.74) is 8.38. The number of carbonyl (C=O) groups excluding carboxylic acids is 1. The molecule has 0 fully saturated rings. The highest BCUT2D eigenvalue weighted by Crippen LogP contribution is 2.37. The van der Waals surface area contributed by atoms with Crippen LogP contribution in [-0.2, 0) is 10.3 Å². The Morgan fingerprint density at radius 3 is 1.46 bits per heavy atom. The van der Waals surface area contributed by atoms with E-state index in [4.69, 9.17) is 5.73 Å². The van der Waals surface area contributed by atoms with E-state index in [9.17, 15) is 4.79 Å². The van der Waals surface area contributed by atoms with E-state index in [1.165, 1.54) is 0 Å². The summed E-state index contributed by atoms with van der Waals surface area (Å²) in [7, 11) is 0. The SMILES string of the molecule is CC[C@@H](C)[C@@H](NC(c1ccccc1)(c1ccccc1)c1ccccc1)C(N)=O. The molecule has 0 heterocycles. The van der Waals surface area contributed by atoms with Crippen LogP contribution < -0.4 is 11.1 Å².